The van der Waals surface area contributed by atoms with Crippen molar-refractivity contribution >= 4 is 28.6 Å². The molecular formula is C11H20INO2. The fraction of sp³-hybridized carbons (Fsp3) is 0.909. The van der Waals surface area contributed by atoms with Gasteiger partial charge in [0, 0.05) is 0 Å². The highest BCUT2D eigenvalue weighted by Gasteiger charge is 2.39. The lowest BCUT2D eigenvalue weighted by atomic mass is 9.82. The van der Waals surface area contributed by atoms with Crippen molar-refractivity contribution in [3.8, 4) is 0 Å². The van der Waals surface area contributed by atoms with Crippen LogP contribution in [0.1, 0.15) is 33.6 Å². The topological polar surface area (TPSA) is 38.3 Å². The van der Waals surface area contributed by atoms with Crippen LogP contribution >= 0.6 is 22.6 Å². The Labute approximate surface area is 105 Å². The summed E-state index contributed by atoms with van der Waals surface area (Å²) in [6.07, 6.45) is 1.86. The first-order valence-electron chi connectivity index (χ1n) is 5.55. The summed E-state index contributed by atoms with van der Waals surface area (Å²) in [4.78, 5) is 11.7. The minimum Gasteiger partial charge on any atom is -0.458 e. The first-order chi connectivity index (χ1) is 6.98. The van der Waals surface area contributed by atoms with Crippen LogP contribution in [-0.4, -0.2) is 28.6 Å². The Morgan fingerprint density at radius 3 is 2.27 bits per heavy atom. The number of hydrogen-bond donors (Lipinski definition) is 1. The number of esters is 1. The maximum absolute atomic E-state index is 11.7. The third kappa shape index (κ3) is 3.31. The molecule has 1 fully saturated rings. The van der Waals surface area contributed by atoms with Crippen LogP contribution in [0.25, 0.3) is 0 Å². The zero-order chi connectivity index (χ0) is 11.5. The highest BCUT2D eigenvalue weighted by molar-refractivity contribution is 14.1. The second-order valence-corrected chi connectivity index (χ2v) is 6.38. The number of alkyl halides is 1. The lowest BCUT2D eigenvalue weighted by molar-refractivity contribution is -0.167. The molecule has 0 aromatic heterocycles. The Hall–Kier alpha value is 0.160. The first kappa shape index (κ1) is 13.2. The monoisotopic (exact) mass is 325 g/mol. The van der Waals surface area contributed by atoms with Crippen LogP contribution in [0.5, 0.6) is 0 Å². The van der Waals surface area contributed by atoms with Gasteiger partial charge < -0.3 is 10.1 Å². The summed E-state index contributed by atoms with van der Waals surface area (Å²) in [6, 6.07) is 0. The average Bonchev–Trinajstić information content (AvgIpc) is 2.18. The van der Waals surface area contributed by atoms with Crippen molar-refractivity contribution in [2.75, 3.05) is 13.1 Å². The van der Waals surface area contributed by atoms with Crippen molar-refractivity contribution in [3.63, 3.8) is 0 Å². The highest BCUT2D eigenvalue weighted by atomic mass is 127. The predicted molar refractivity (Wildman–Crippen MR) is 69.2 cm³/mol. The third-order valence-corrected chi connectivity index (χ3v) is 3.64. The smallest absolute Gasteiger partial charge is 0.319 e. The number of carbonyl (C=O) groups is 1. The van der Waals surface area contributed by atoms with Crippen LogP contribution < -0.4 is 5.32 Å². The number of nitrogens with one attached hydrogen (secondary N) is 1. The second kappa shape index (κ2) is 5.48. The Bertz CT molecular complexity index is 223. The molecular weight excluding hydrogens is 305 g/mol. The van der Waals surface area contributed by atoms with E-state index in [2.05, 4.69) is 41.8 Å². The van der Waals surface area contributed by atoms with E-state index >= 15 is 0 Å². The van der Waals surface area contributed by atoms with E-state index < -0.39 is 0 Å². The van der Waals surface area contributed by atoms with E-state index in [0.29, 0.717) is 5.92 Å². The van der Waals surface area contributed by atoms with Gasteiger partial charge in [-0.25, -0.2) is 0 Å². The molecule has 1 unspecified atom stereocenters. The van der Waals surface area contributed by atoms with Crippen LogP contribution in [0, 0.1) is 5.92 Å². The molecule has 0 saturated carbocycles. The van der Waals surface area contributed by atoms with Gasteiger partial charge in [-0.1, -0.05) is 36.4 Å². The minimum absolute atomic E-state index is 0.0619. The molecule has 0 spiro atoms. The molecule has 1 rings (SSSR count). The predicted octanol–water partition coefficient (Wildman–Crippen LogP) is 2.13. The standard InChI is InChI=1S/C11H20INO2/c1-8(2)11(4-6-13-7-5-11)15-10(14)9(3)12/h8-9,13H,4-7H2,1-3H3. The van der Waals surface area contributed by atoms with Gasteiger partial charge in [0.2, 0.25) is 0 Å². The van der Waals surface area contributed by atoms with Gasteiger partial charge in [0.05, 0.1) is 0 Å². The van der Waals surface area contributed by atoms with Crippen LogP contribution in [0.15, 0.2) is 0 Å². The molecule has 0 radical (unpaired) electrons. The molecule has 1 aliphatic heterocycles. The van der Waals surface area contributed by atoms with Crippen LogP contribution in [0.3, 0.4) is 0 Å². The van der Waals surface area contributed by atoms with Crippen LogP contribution in [0.4, 0.5) is 0 Å². The summed E-state index contributed by atoms with van der Waals surface area (Å²) >= 11 is 2.10. The van der Waals surface area contributed by atoms with Gasteiger partial charge in [-0.2, -0.15) is 0 Å². The fourth-order valence-electron chi connectivity index (χ4n) is 1.93. The highest BCUT2D eigenvalue weighted by Crippen LogP contribution is 2.32. The van der Waals surface area contributed by atoms with E-state index in [9.17, 15) is 4.79 Å². The number of carbonyl (C=O) groups excluding carboxylic acids is 1. The lowest BCUT2D eigenvalue weighted by Crippen LogP contribution is -2.49. The van der Waals surface area contributed by atoms with Gasteiger partial charge in [0.25, 0.3) is 0 Å². The largest absolute Gasteiger partial charge is 0.458 e. The van der Waals surface area contributed by atoms with E-state index in [0.717, 1.165) is 25.9 Å². The van der Waals surface area contributed by atoms with Crippen molar-refractivity contribution in [2.45, 2.75) is 43.1 Å². The molecule has 0 aromatic carbocycles. The molecule has 0 bridgehead atoms. The van der Waals surface area contributed by atoms with Crippen molar-refractivity contribution in [3.05, 3.63) is 0 Å². The SMILES string of the molecule is CC(I)C(=O)OC1(C(C)C)CCNCC1. The summed E-state index contributed by atoms with van der Waals surface area (Å²) in [7, 11) is 0. The van der Waals surface area contributed by atoms with Crippen LogP contribution in [0.2, 0.25) is 0 Å². The maximum Gasteiger partial charge on any atom is 0.319 e. The fourth-order valence-corrected chi connectivity index (χ4v) is 2.06. The molecule has 1 N–H and O–H groups in total. The molecule has 15 heavy (non-hydrogen) atoms. The number of piperidine rings is 1. The van der Waals surface area contributed by atoms with Gasteiger partial charge in [0.1, 0.15) is 9.53 Å². The molecule has 4 heteroatoms. The summed E-state index contributed by atoms with van der Waals surface area (Å²) in [5.74, 6) is 0.310. The average molecular weight is 325 g/mol. The molecule has 0 aromatic rings. The molecule has 1 saturated heterocycles. The molecule has 1 atom stereocenters. The van der Waals surface area contributed by atoms with E-state index in [1.807, 2.05) is 6.92 Å². The van der Waals surface area contributed by atoms with Gasteiger partial charge in [-0.3, -0.25) is 4.79 Å². The Balaban J connectivity index is 2.68. The van der Waals surface area contributed by atoms with Gasteiger partial charge in [0.15, 0.2) is 0 Å². The van der Waals surface area contributed by atoms with Gasteiger partial charge in [-0.05, 0) is 38.8 Å². The Kier molecular flexibility index (Phi) is 4.83. The van der Waals surface area contributed by atoms with E-state index in [4.69, 9.17) is 4.74 Å². The quantitative estimate of drug-likeness (QED) is 0.491. The second-order valence-electron chi connectivity index (χ2n) is 4.51. The normalized spacial score (nSPS) is 22.5. The van der Waals surface area contributed by atoms with Crippen molar-refractivity contribution in [2.24, 2.45) is 5.92 Å². The summed E-state index contributed by atoms with van der Waals surface area (Å²) in [5, 5.41) is 3.30. The summed E-state index contributed by atoms with van der Waals surface area (Å²) in [6.45, 7) is 8.03. The van der Waals surface area contributed by atoms with Gasteiger partial charge in [-0.15, -0.1) is 0 Å². The number of ether oxygens (including phenoxy) is 1. The molecule has 1 aliphatic rings. The number of hydrogen-bond acceptors (Lipinski definition) is 3. The summed E-state index contributed by atoms with van der Waals surface area (Å²) in [5.41, 5.74) is -0.234. The third-order valence-electron chi connectivity index (χ3n) is 3.13. The number of rotatable bonds is 3. The molecule has 0 amide bonds. The van der Waals surface area contributed by atoms with Crippen molar-refractivity contribution < 1.29 is 9.53 Å². The van der Waals surface area contributed by atoms with Crippen molar-refractivity contribution in [1.82, 2.24) is 5.32 Å². The van der Waals surface area contributed by atoms with E-state index in [1.54, 1.807) is 0 Å². The Morgan fingerprint density at radius 1 is 1.33 bits per heavy atom. The zero-order valence-electron chi connectivity index (χ0n) is 9.68. The van der Waals surface area contributed by atoms with E-state index in [-0.39, 0.29) is 15.5 Å². The molecule has 3 nitrogen and oxygen atoms in total. The van der Waals surface area contributed by atoms with E-state index in [1.165, 1.54) is 0 Å². The summed E-state index contributed by atoms with van der Waals surface area (Å²) < 4.78 is 5.65. The number of halogens is 1. The molecule has 0 aliphatic carbocycles. The first-order valence-corrected chi connectivity index (χ1v) is 6.80. The maximum atomic E-state index is 11.7. The zero-order valence-corrected chi connectivity index (χ0v) is 11.8. The Morgan fingerprint density at radius 2 is 1.87 bits per heavy atom. The van der Waals surface area contributed by atoms with Crippen molar-refractivity contribution in [1.29, 1.82) is 0 Å². The lowest BCUT2D eigenvalue weighted by Gasteiger charge is -2.40. The molecule has 1 heterocycles. The minimum atomic E-state index is -0.234. The van der Waals surface area contributed by atoms with Gasteiger partial charge >= 0.3 is 5.97 Å². The van der Waals surface area contributed by atoms with Crippen LogP contribution in [-0.2, 0) is 9.53 Å². The molecule has 88 valence electrons.